The van der Waals surface area contributed by atoms with Gasteiger partial charge in [0, 0.05) is 19.2 Å². The molecule has 2 aromatic rings. The van der Waals surface area contributed by atoms with Crippen LogP contribution in [0.3, 0.4) is 0 Å². The molecule has 3 heteroatoms. The highest BCUT2D eigenvalue weighted by Crippen LogP contribution is 2.33. The van der Waals surface area contributed by atoms with Crippen molar-refractivity contribution in [2.24, 2.45) is 0 Å². The normalized spacial score (nSPS) is 17.4. The molecule has 0 aromatic heterocycles. The maximum absolute atomic E-state index is 12.0. The van der Waals surface area contributed by atoms with E-state index in [2.05, 4.69) is 18.2 Å². The zero-order chi connectivity index (χ0) is 14.8. The number of anilines is 1. The Balaban J connectivity index is 1.99. The van der Waals surface area contributed by atoms with Crippen LogP contribution in [0.4, 0.5) is 5.69 Å². The van der Waals surface area contributed by atoms with E-state index in [1.165, 1.54) is 11.1 Å². The Labute approximate surface area is 125 Å². The number of carbonyl (C=O) groups is 1. The number of benzene rings is 2. The lowest BCUT2D eigenvalue weighted by atomic mass is 9.88. The van der Waals surface area contributed by atoms with E-state index >= 15 is 0 Å². The molecule has 1 aliphatic rings. The van der Waals surface area contributed by atoms with E-state index in [0.29, 0.717) is 0 Å². The molecule has 1 unspecified atom stereocenters. The third kappa shape index (κ3) is 2.64. The van der Waals surface area contributed by atoms with Crippen molar-refractivity contribution in [1.82, 2.24) is 4.90 Å². The smallest absolute Gasteiger partial charge is 0.219 e. The van der Waals surface area contributed by atoms with Crippen LogP contribution in [0.1, 0.15) is 29.7 Å². The van der Waals surface area contributed by atoms with Gasteiger partial charge in [0.05, 0.1) is 6.04 Å². The number of amides is 1. The Morgan fingerprint density at radius 1 is 1.19 bits per heavy atom. The summed E-state index contributed by atoms with van der Waals surface area (Å²) in [7, 11) is 0. The van der Waals surface area contributed by atoms with Gasteiger partial charge in [-0.25, -0.2) is 0 Å². The number of nitrogens with zero attached hydrogens (tertiary/aromatic N) is 1. The number of carbonyl (C=O) groups excluding carboxylic acids is 1. The van der Waals surface area contributed by atoms with Crippen molar-refractivity contribution >= 4 is 11.6 Å². The summed E-state index contributed by atoms with van der Waals surface area (Å²) in [5.74, 6) is 0.129. The van der Waals surface area contributed by atoms with Gasteiger partial charge in [0.1, 0.15) is 0 Å². The zero-order valence-electron chi connectivity index (χ0n) is 12.3. The fourth-order valence-electron chi connectivity index (χ4n) is 3.18. The van der Waals surface area contributed by atoms with Crippen molar-refractivity contribution < 1.29 is 4.79 Å². The van der Waals surface area contributed by atoms with Gasteiger partial charge in [-0.05, 0) is 35.6 Å². The lowest BCUT2D eigenvalue weighted by Gasteiger charge is -2.37. The fourth-order valence-corrected chi connectivity index (χ4v) is 3.18. The van der Waals surface area contributed by atoms with Crippen LogP contribution >= 0.6 is 0 Å². The second-order valence-corrected chi connectivity index (χ2v) is 5.58. The van der Waals surface area contributed by atoms with Gasteiger partial charge in [-0.3, -0.25) is 4.79 Å². The van der Waals surface area contributed by atoms with Crippen molar-refractivity contribution in [1.29, 1.82) is 0 Å². The third-order valence-electron chi connectivity index (χ3n) is 4.29. The summed E-state index contributed by atoms with van der Waals surface area (Å²) in [6.07, 6.45) is 1.69. The van der Waals surface area contributed by atoms with Gasteiger partial charge in [0.25, 0.3) is 0 Å². The first-order valence-electron chi connectivity index (χ1n) is 7.35. The number of para-hydroxylation sites is 1. The van der Waals surface area contributed by atoms with Crippen molar-refractivity contribution in [3.05, 3.63) is 65.2 Å². The molecule has 1 amide bonds. The van der Waals surface area contributed by atoms with Crippen molar-refractivity contribution in [2.75, 3.05) is 12.3 Å². The van der Waals surface area contributed by atoms with Crippen LogP contribution in [0, 0.1) is 0 Å². The Hall–Kier alpha value is -2.29. The number of rotatable bonds is 2. The summed E-state index contributed by atoms with van der Waals surface area (Å²) in [6, 6.07) is 16.4. The largest absolute Gasteiger partial charge is 0.399 e. The number of hydrogen-bond acceptors (Lipinski definition) is 2. The van der Waals surface area contributed by atoms with Crippen LogP contribution in [0.5, 0.6) is 0 Å². The molecule has 3 rings (SSSR count). The van der Waals surface area contributed by atoms with Gasteiger partial charge in [-0.15, -0.1) is 0 Å². The highest BCUT2D eigenvalue weighted by atomic mass is 16.2. The molecular formula is C18H20N2O. The van der Waals surface area contributed by atoms with E-state index in [1.807, 2.05) is 35.2 Å². The van der Waals surface area contributed by atoms with Gasteiger partial charge in [0.15, 0.2) is 0 Å². The Kier molecular flexibility index (Phi) is 3.65. The number of nitrogen functional groups attached to an aromatic ring is 1. The molecule has 0 saturated heterocycles. The summed E-state index contributed by atoms with van der Waals surface area (Å²) in [6.45, 7) is 2.43. The molecule has 21 heavy (non-hydrogen) atoms. The first kappa shape index (κ1) is 13.7. The molecule has 2 aromatic carbocycles. The maximum Gasteiger partial charge on any atom is 0.219 e. The topological polar surface area (TPSA) is 46.3 Å². The minimum absolute atomic E-state index is 0.0807. The standard InChI is InChI=1S/C18H20N2O/c1-13(21)20-11-10-14-6-2-4-8-16(14)18(20)12-15-7-3-5-9-17(15)19/h2-9,18H,10-12,19H2,1H3. The Bertz CT molecular complexity index is 666. The molecule has 0 spiro atoms. The molecule has 1 aliphatic heterocycles. The van der Waals surface area contributed by atoms with E-state index < -0.39 is 0 Å². The van der Waals surface area contributed by atoms with Gasteiger partial charge in [0.2, 0.25) is 5.91 Å². The van der Waals surface area contributed by atoms with Crippen LogP contribution in [0.25, 0.3) is 0 Å². The summed E-state index contributed by atoms with van der Waals surface area (Å²) in [4.78, 5) is 14.0. The maximum atomic E-state index is 12.0. The second-order valence-electron chi connectivity index (χ2n) is 5.58. The highest BCUT2D eigenvalue weighted by molar-refractivity contribution is 5.74. The van der Waals surface area contributed by atoms with Gasteiger partial charge in [-0.1, -0.05) is 42.5 Å². The van der Waals surface area contributed by atoms with E-state index in [4.69, 9.17) is 5.73 Å². The van der Waals surface area contributed by atoms with Gasteiger partial charge >= 0.3 is 0 Å². The van der Waals surface area contributed by atoms with Crippen LogP contribution in [-0.4, -0.2) is 17.4 Å². The summed E-state index contributed by atoms with van der Waals surface area (Å²) >= 11 is 0. The Morgan fingerprint density at radius 3 is 2.67 bits per heavy atom. The zero-order valence-corrected chi connectivity index (χ0v) is 12.3. The molecule has 1 heterocycles. The summed E-state index contributed by atoms with van der Waals surface area (Å²) in [5, 5.41) is 0. The first-order valence-corrected chi connectivity index (χ1v) is 7.35. The molecular weight excluding hydrogens is 260 g/mol. The molecule has 0 fully saturated rings. The van der Waals surface area contributed by atoms with Gasteiger partial charge in [-0.2, -0.15) is 0 Å². The van der Waals surface area contributed by atoms with Crippen LogP contribution in [0.15, 0.2) is 48.5 Å². The van der Waals surface area contributed by atoms with E-state index in [1.54, 1.807) is 6.92 Å². The van der Waals surface area contributed by atoms with E-state index in [-0.39, 0.29) is 11.9 Å². The molecule has 0 radical (unpaired) electrons. The Morgan fingerprint density at radius 2 is 1.90 bits per heavy atom. The monoisotopic (exact) mass is 280 g/mol. The third-order valence-corrected chi connectivity index (χ3v) is 4.29. The minimum atomic E-state index is 0.0807. The molecule has 0 bridgehead atoms. The molecule has 1 atom stereocenters. The number of fused-ring (bicyclic) bond motifs is 1. The van der Waals surface area contributed by atoms with Crippen molar-refractivity contribution in [3.63, 3.8) is 0 Å². The van der Waals surface area contributed by atoms with E-state index in [9.17, 15) is 4.79 Å². The van der Waals surface area contributed by atoms with Crippen molar-refractivity contribution in [2.45, 2.75) is 25.8 Å². The molecule has 3 nitrogen and oxygen atoms in total. The quantitative estimate of drug-likeness (QED) is 0.860. The molecule has 108 valence electrons. The summed E-state index contributed by atoms with van der Waals surface area (Å²) < 4.78 is 0. The van der Waals surface area contributed by atoms with Crippen molar-refractivity contribution in [3.8, 4) is 0 Å². The molecule has 0 aliphatic carbocycles. The average Bonchev–Trinajstić information content (AvgIpc) is 2.49. The lowest BCUT2D eigenvalue weighted by molar-refractivity contribution is -0.131. The highest BCUT2D eigenvalue weighted by Gasteiger charge is 2.29. The predicted octanol–water partition coefficient (Wildman–Crippen LogP) is 2.96. The van der Waals surface area contributed by atoms with Crippen LogP contribution < -0.4 is 5.73 Å². The fraction of sp³-hybridized carbons (Fsp3) is 0.278. The van der Waals surface area contributed by atoms with E-state index in [0.717, 1.165) is 30.6 Å². The average molecular weight is 280 g/mol. The molecule has 0 saturated carbocycles. The molecule has 2 N–H and O–H groups in total. The predicted molar refractivity (Wildman–Crippen MR) is 84.8 cm³/mol. The van der Waals surface area contributed by atoms with Crippen LogP contribution in [-0.2, 0) is 17.6 Å². The lowest BCUT2D eigenvalue weighted by Crippen LogP contribution is -2.39. The van der Waals surface area contributed by atoms with Crippen LogP contribution in [0.2, 0.25) is 0 Å². The summed E-state index contributed by atoms with van der Waals surface area (Å²) in [5.41, 5.74) is 10.6. The second kappa shape index (κ2) is 5.60. The number of nitrogens with two attached hydrogens (primary N) is 1. The minimum Gasteiger partial charge on any atom is -0.399 e. The van der Waals surface area contributed by atoms with Gasteiger partial charge < -0.3 is 10.6 Å². The number of hydrogen-bond donors (Lipinski definition) is 1. The SMILES string of the molecule is CC(=O)N1CCc2ccccc2C1Cc1ccccc1N. The first-order chi connectivity index (χ1) is 10.2.